The zero-order valence-electron chi connectivity index (χ0n) is 19.3. The van der Waals surface area contributed by atoms with Gasteiger partial charge in [-0.15, -0.1) is 11.3 Å². The molecule has 9 heteroatoms. The second-order valence-electron chi connectivity index (χ2n) is 8.02. The lowest BCUT2D eigenvalue weighted by molar-refractivity contribution is -0.139. The molecule has 35 heavy (non-hydrogen) atoms. The van der Waals surface area contributed by atoms with Crippen LogP contribution in [-0.4, -0.2) is 21.8 Å². The fourth-order valence-electron chi connectivity index (χ4n) is 3.57. The molecule has 0 saturated carbocycles. The summed E-state index contributed by atoms with van der Waals surface area (Å²) in [5, 5.41) is 3.21. The summed E-state index contributed by atoms with van der Waals surface area (Å²) in [5.41, 5.74) is 3.34. The molecule has 1 amide bonds. The number of nitrogens with one attached hydrogen (secondary N) is 2. The van der Waals surface area contributed by atoms with E-state index >= 15 is 0 Å². The zero-order valence-corrected chi connectivity index (χ0v) is 20.1. The number of thiophene rings is 1. The highest BCUT2D eigenvalue weighted by Crippen LogP contribution is 2.28. The smallest absolute Gasteiger partial charge is 0.331 e. The van der Waals surface area contributed by atoms with Crippen LogP contribution in [0.5, 0.6) is 0 Å². The van der Waals surface area contributed by atoms with Gasteiger partial charge in [0.25, 0.3) is 11.5 Å². The Morgan fingerprint density at radius 1 is 1.17 bits per heavy atom. The predicted octanol–water partition coefficient (Wildman–Crippen LogP) is 5.06. The van der Waals surface area contributed by atoms with Gasteiger partial charge in [0.15, 0.2) is 0 Å². The second kappa shape index (κ2) is 10.0. The number of fused-ring (bicyclic) bond motifs is 1. The number of aromatic nitrogens is 2. The molecule has 0 saturated heterocycles. The minimum absolute atomic E-state index is 0.151. The summed E-state index contributed by atoms with van der Waals surface area (Å²) >= 11 is 1.10. The van der Waals surface area contributed by atoms with Crippen molar-refractivity contribution in [2.24, 2.45) is 0 Å². The number of carbonyl (C=O) groups excluding carboxylic acids is 2. The van der Waals surface area contributed by atoms with E-state index in [1.54, 1.807) is 13.0 Å². The largest absolute Gasteiger partial charge is 0.454 e. The standard InChI is InChI=1S/C26H22FN3O4S/c1-14-7-9-19(15(2)11-14)28-25(33)23-16(3)22-24(32)29-20(30-26(22)35-23)13-34-21(31)10-8-17-5-4-6-18(27)12-17/h4-12H,13H2,1-3H3,(H,28,33)(H,29,30,32). The number of hydrogen-bond acceptors (Lipinski definition) is 6. The number of aryl methyl sites for hydroxylation is 3. The summed E-state index contributed by atoms with van der Waals surface area (Å²) in [7, 11) is 0. The van der Waals surface area contributed by atoms with E-state index in [9.17, 15) is 18.8 Å². The van der Waals surface area contributed by atoms with Crippen molar-refractivity contribution < 1.29 is 18.7 Å². The lowest BCUT2D eigenvalue weighted by Crippen LogP contribution is -2.14. The van der Waals surface area contributed by atoms with Crippen molar-refractivity contribution in [1.29, 1.82) is 0 Å². The van der Waals surface area contributed by atoms with Gasteiger partial charge in [-0.3, -0.25) is 9.59 Å². The van der Waals surface area contributed by atoms with Crippen molar-refractivity contribution in [2.45, 2.75) is 27.4 Å². The normalized spacial score (nSPS) is 11.2. The van der Waals surface area contributed by atoms with Crippen LogP contribution in [0.1, 0.15) is 37.7 Å². The van der Waals surface area contributed by atoms with Crippen LogP contribution in [0.2, 0.25) is 0 Å². The number of benzene rings is 2. The molecule has 0 atom stereocenters. The van der Waals surface area contributed by atoms with Gasteiger partial charge < -0.3 is 15.0 Å². The van der Waals surface area contributed by atoms with Crippen molar-refractivity contribution in [1.82, 2.24) is 9.97 Å². The molecular formula is C26H22FN3O4S. The number of nitrogens with zero attached hydrogens (tertiary/aromatic N) is 1. The molecule has 2 aromatic carbocycles. The Kier molecular flexibility index (Phi) is 6.88. The first-order valence-corrected chi connectivity index (χ1v) is 11.5. The number of ether oxygens (including phenoxy) is 1. The van der Waals surface area contributed by atoms with Crippen LogP contribution in [-0.2, 0) is 16.1 Å². The SMILES string of the molecule is Cc1ccc(NC(=O)c2sc3nc(COC(=O)C=Cc4cccc(F)c4)[nH]c(=O)c3c2C)c(C)c1. The highest BCUT2D eigenvalue weighted by atomic mass is 32.1. The van der Waals surface area contributed by atoms with Crippen molar-refractivity contribution in [2.75, 3.05) is 5.32 Å². The molecule has 2 N–H and O–H groups in total. The molecule has 0 fully saturated rings. The lowest BCUT2D eigenvalue weighted by Gasteiger charge is -2.08. The number of amides is 1. The molecule has 0 aliphatic carbocycles. The molecule has 2 heterocycles. The number of H-pyrrole nitrogens is 1. The number of aromatic amines is 1. The zero-order chi connectivity index (χ0) is 25.1. The second-order valence-corrected chi connectivity index (χ2v) is 9.02. The van der Waals surface area contributed by atoms with Gasteiger partial charge in [-0.25, -0.2) is 14.2 Å². The van der Waals surface area contributed by atoms with Crippen LogP contribution in [0, 0.1) is 26.6 Å². The van der Waals surface area contributed by atoms with Crippen molar-refractivity contribution in [3.63, 3.8) is 0 Å². The van der Waals surface area contributed by atoms with Gasteiger partial charge in [-0.1, -0.05) is 29.8 Å². The van der Waals surface area contributed by atoms with Crippen molar-refractivity contribution in [3.8, 4) is 0 Å². The summed E-state index contributed by atoms with van der Waals surface area (Å²) in [6.45, 7) is 5.32. The third-order valence-corrected chi connectivity index (χ3v) is 6.48. The Hall–Kier alpha value is -4.11. The summed E-state index contributed by atoms with van der Waals surface area (Å²) < 4.78 is 18.4. The number of carbonyl (C=O) groups is 2. The summed E-state index contributed by atoms with van der Waals surface area (Å²) in [6, 6.07) is 11.5. The molecule has 4 rings (SSSR count). The van der Waals surface area contributed by atoms with Crippen LogP contribution in [0.25, 0.3) is 16.3 Å². The van der Waals surface area contributed by atoms with Crippen molar-refractivity contribution in [3.05, 3.63) is 97.7 Å². The van der Waals surface area contributed by atoms with Gasteiger partial charge in [0.1, 0.15) is 23.1 Å². The van der Waals surface area contributed by atoms with E-state index in [2.05, 4.69) is 15.3 Å². The van der Waals surface area contributed by atoms with Crippen LogP contribution in [0.4, 0.5) is 10.1 Å². The average Bonchev–Trinajstić information content (AvgIpc) is 3.15. The predicted molar refractivity (Wildman–Crippen MR) is 134 cm³/mol. The van der Waals surface area contributed by atoms with Gasteiger partial charge >= 0.3 is 5.97 Å². The topological polar surface area (TPSA) is 101 Å². The minimum atomic E-state index is -0.673. The summed E-state index contributed by atoms with van der Waals surface area (Å²) in [4.78, 5) is 45.4. The number of esters is 1. The molecule has 178 valence electrons. The van der Waals surface area contributed by atoms with Gasteiger partial charge in [-0.2, -0.15) is 0 Å². The first-order valence-electron chi connectivity index (χ1n) is 10.7. The van der Waals surface area contributed by atoms with E-state index < -0.39 is 17.3 Å². The van der Waals surface area contributed by atoms with Gasteiger partial charge in [0, 0.05) is 11.8 Å². The molecule has 0 aliphatic heterocycles. The van der Waals surface area contributed by atoms with Crippen molar-refractivity contribution >= 4 is 45.2 Å². The number of anilines is 1. The lowest BCUT2D eigenvalue weighted by atomic mass is 10.1. The molecule has 0 bridgehead atoms. The highest BCUT2D eigenvalue weighted by molar-refractivity contribution is 7.20. The summed E-state index contributed by atoms with van der Waals surface area (Å²) in [5.74, 6) is -1.26. The summed E-state index contributed by atoms with van der Waals surface area (Å²) in [6.07, 6.45) is 2.59. The quantitative estimate of drug-likeness (QED) is 0.290. The molecular weight excluding hydrogens is 469 g/mol. The molecule has 7 nitrogen and oxygen atoms in total. The first-order chi connectivity index (χ1) is 16.7. The van der Waals surface area contributed by atoms with E-state index in [0.29, 0.717) is 31.9 Å². The van der Waals surface area contributed by atoms with Crippen LogP contribution in [0.15, 0.2) is 53.3 Å². The maximum Gasteiger partial charge on any atom is 0.331 e. The van der Waals surface area contributed by atoms with E-state index in [-0.39, 0.29) is 18.3 Å². The highest BCUT2D eigenvalue weighted by Gasteiger charge is 2.20. The van der Waals surface area contributed by atoms with E-state index in [1.165, 1.54) is 24.3 Å². The monoisotopic (exact) mass is 491 g/mol. The Morgan fingerprint density at radius 2 is 1.97 bits per heavy atom. The van der Waals surface area contributed by atoms with Crippen LogP contribution >= 0.6 is 11.3 Å². The molecule has 0 radical (unpaired) electrons. The fourth-order valence-corrected chi connectivity index (χ4v) is 4.66. The van der Waals surface area contributed by atoms with Gasteiger partial charge in [0.2, 0.25) is 0 Å². The average molecular weight is 492 g/mol. The Labute approximate surface area is 204 Å². The molecule has 0 aliphatic rings. The molecule has 0 spiro atoms. The third kappa shape index (κ3) is 5.52. The molecule has 4 aromatic rings. The number of hydrogen-bond donors (Lipinski definition) is 2. The van der Waals surface area contributed by atoms with E-state index in [0.717, 1.165) is 28.5 Å². The van der Waals surface area contributed by atoms with Crippen LogP contribution in [0.3, 0.4) is 0 Å². The fraction of sp³-hybridized carbons (Fsp3) is 0.154. The van der Waals surface area contributed by atoms with Crippen LogP contribution < -0.4 is 10.9 Å². The maximum atomic E-state index is 13.2. The molecule has 2 aromatic heterocycles. The Balaban J connectivity index is 1.50. The molecule has 0 unspecified atom stereocenters. The minimum Gasteiger partial charge on any atom is -0.454 e. The number of halogens is 1. The van der Waals surface area contributed by atoms with E-state index in [1.807, 2.05) is 32.0 Å². The van der Waals surface area contributed by atoms with Gasteiger partial charge in [-0.05, 0) is 61.7 Å². The van der Waals surface area contributed by atoms with E-state index in [4.69, 9.17) is 4.74 Å². The Morgan fingerprint density at radius 3 is 2.71 bits per heavy atom. The first kappa shape index (κ1) is 24.0. The number of rotatable bonds is 6. The van der Waals surface area contributed by atoms with Gasteiger partial charge in [0.05, 0.1) is 10.3 Å². The maximum absolute atomic E-state index is 13.2. The Bertz CT molecular complexity index is 1540. The third-order valence-electron chi connectivity index (χ3n) is 5.30.